The van der Waals surface area contributed by atoms with Crippen molar-refractivity contribution in [1.29, 1.82) is 0 Å². The van der Waals surface area contributed by atoms with Crippen molar-refractivity contribution in [3.05, 3.63) is 35.1 Å². The summed E-state index contributed by atoms with van der Waals surface area (Å²) in [4.78, 5) is 0. The fourth-order valence-electron chi connectivity index (χ4n) is 1.17. The number of halogens is 2. The van der Waals surface area contributed by atoms with Crippen molar-refractivity contribution < 1.29 is 4.39 Å². The largest absolute Gasteiger partial charge is 0.309 e. The highest BCUT2D eigenvalue weighted by Gasteiger charge is 2.02. The van der Waals surface area contributed by atoms with E-state index in [2.05, 4.69) is 28.2 Å². The molecule has 0 heterocycles. The van der Waals surface area contributed by atoms with E-state index in [-0.39, 0.29) is 5.82 Å². The van der Waals surface area contributed by atoms with Gasteiger partial charge >= 0.3 is 0 Å². The van der Waals surface area contributed by atoms with Crippen LogP contribution in [0.3, 0.4) is 0 Å². The third kappa shape index (κ3) is 3.39. The van der Waals surface area contributed by atoms with E-state index in [4.69, 9.17) is 0 Å². The molecule has 14 heavy (non-hydrogen) atoms. The topological polar surface area (TPSA) is 12.0 Å². The Morgan fingerprint density at radius 2 is 2.21 bits per heavy atom. The second-order valence-corrected chi connectivity index (χ2v) is 4.15. The van der Waals surface area contributed by atoms with E-state index < -0.39 is 0 Å². The van der Waals surface area contributed by atoms with E-state index in [1.807, 2.05) is 13.0 Å². The normalized spacial score (nSPS) is 12.9. The van der Waals surface area contributed by atoms with Gasteiger partial charge in [-0.2, -0.15) is 0 Å². The lowest BCUT2D eigenvalue weighted by Gasteiger charge is -2.12. The molecule has 0 aromatic heterocycles. The maximum absolute atomic E-state index is 12.9. The predicted molar refractivity (Wildman–Crippen MR) is 61.2 cm³/mol. The molecule has 1 N–H and O–H groups in total. The van der Waals surface area contributed by atoms with Crippen LogP contribution in [0.25, 0.3) is 0 Å². The molecule has 78 valence electrons. The van der Waals surface area contributed by atoms with Crippen LogP contribution in [0.2, 0.25) is 0 Å². The Labute approximate surface area is 92.8 Å². The van der Waals surface area contributed by atoms with Gasteiger partial charge in [-0.1, -0.05) is 22.0 Å². The Bertz CT molecular complexity index is 301. The lowest BCUT2D eigenvalue weighted by molar-refractivity contribution is 0.587. The first-order valence-electron chi connectivity index (χ1n) is 4.68. The van der Waals surface area contributed by atoms with Crippen LogP contribution in [0.4, 0.5) is 4.39 Å². The summed E-state index contributed by atoms with van der Waals surface area (Å²) in [5.74, 6) is -0.168. The molecule has 0 aliphatic carbocycles. The molecule has 1 nitrogen and oxygen atoms in total. The fourth-order valence-corrected chi connectivity index (χ4v) is 1.40. The van der Waals surface area contributed by atoms with Gasteiger partial charge in [0.15, 0.2) is 0 Å². The van der Waals surface area contributed by atoms with E-state index in [1.165, 1.54) is 6.07 Å². The van der Waals surface area contributed by atoms with E-state index in [0.29, 0.717) is 6.04 Å². The summed E-state index contributed by atoms with van der Waals surface area (Å²) in [5, 5.41) is 4.21. The number of benzene rings is 1. The Balaban J connectivity index is 2.62. The van der Waals surface area contributed by atoms with E-state index in [1.54, 1.807) is 6.07 Å². The number of aryl methyl sites for hydroxylation is 1. The number of hydrogen-bond donors (Lipinski definition) is 1. The minimum atomic E-state index is -0.168. The van der Waals surface area contributed by atoms with Crippen molar-refractivity contribution in [1.82, 2.24) is 5.32 Å². The molecule has 0 fully saturated rings. The first-order chi connectivity index (χ1) is 6.63. The van der Waals surface area contributed by atoms with Crippen LogP contribution in [-0.4, -0.2) is 11.4 Å². The zero-order chi connectivity index (χ0) is 10.6. The molecule has 0 aliphatic heterocycles. The summed E-state index contributed by atoms with van der Waals surface area (Å²) in [7, 11) is 0. The van der Waals surface area contributed by atoms with Gasteiger partial charge in [0.2, 0.25) is 0 Å². The van der Waals surface area contributed by atoms with Gasteiger partial charge in [0, 0.05) is 17.9 Å². The van der Waals surface area contributed by atoms with Crippen molar-refractivity contribution in [2.75, 3.05) is 5.33 Å². The zero-order valence-electron chi connectivity index (χ0n) is 8.48. The SMILES string of the molecule is Cc1ccc(F)cc1CNC(C)CBr. The van der Waals surface area contributed by atoms with Crippen LogP contribution in [-0.2, 0) is 6.54 Å². The summed E-state index contributed by atoms with van der Waals surface area (Å²) in [5.41, 5.74) is 2.15. The molecule has 1 atom stereocenters. The quantitative estimate of drug-likeness (QED) is 0.820. The van der Waals surface area contributed by atoms with Gasteiger partial charge in [-0.25, -0.2) is 4.39 Å². The van der Waals surface area contributed by atoms with E-state index >= 15 is 0 Å². The van der Waals surface area contributed by atoms with Gasteiger partial charge < -0.3 is 5.32 Å². The molecular formula is C11H15BrFN. The molecule has 0 bridgehead atoms. The Hall–Kier alpha value is -0.410. The summed E-state index contributed by atoms with van der Waals surface area (Å²) in [6.45, 7) is 4.80. The highest BCUT2D eigenvalue weighted by molar-refractivity contribution is 9.09. The maximum Gasteiger partial charge on any atom is 0.123 e. The Morgan fingerprint density at radius 3 is 2.86 bits per heavy atom. The van der Waals surface area contributed by atoms with Gasteiger partial charge in [0.25, 0.3) is 0 Å². The van der Waals surface area contributed by atoms with Crippen molar-refractivity contribution in [3.8, 4) is 0 Å². The smallest absolute Gasteiger partial charge is 0.123 e. The van der Waals surface area contributed by atoms with Crippen LogP contribution in [0.15, 0.2) is 18.2 Å². The monoisotopic (exact) mass is 259 g/mol. The average Bonchev–Trinajstić information content (AvgIpc) is 2.19. The zero-order valence-corrected chi connectivity index (χ0v) is 10.1. The van der Waals surface area contributed by atoms with Crippen molar-refractivity contribution in [3.63, 3.8) is 0 Å². The van der Waals surface area contributed by atoms with Gasteiger partial charge in [-0.3, -0.25) is 0 Å². The fraction of sp³-hybridized carbons (Fsp3) is 0.455. The molecule has 1 aromatic carbocycles. The molecule has 1 aromatic rings. The second kappa shape index (κ2) is 5.47. The molecule has 0 saturated heterocycles. The summed E-state index contributed by atoms with van der Waals surface area (Å²) in [6, 6.07) is 5.29. The van der Waals surface area contributed by atoms with Crippen LogP contribution >= 0.6 is 15.9 Å². The minimum absolute atomic E-state index is 0.168. The predicted octanol–water partition coefficient (Wildman–Crippen LogP) is 3.01. The molecule has 0 radical (unpaired) electrons. The van der Waals surface area contributed by atoms with Gasteiger partial charge in [-0.15, -0.1) is 0 Å². The Kier molecular flexibility index (Phi) is 4.55. The number of nitrogens with one attached hydrogen (secondary N) is 1. The highest BCUT2D eigenvalue weighted by Crippen LogP contribution is 2.10. The summed E-state index contributed by atoms with van der Waals surface area (Å²) >= 11 is 3.38. The number of hydrogen-bond acceptors (Lipinski definition) is 1. The molecule has 1 rings (SSSR count). The standard InChI is InChI=1S/C11H15BrFN/c1-8-3-4-11(13)5-10(8)7-14-9(2)6-12/h3-5,9,14H,6-7H2,1-2H3. The molecule has 0 saturated carbocycles. The number of rotatable bonds is 4. The first-order valence-corrected chi connectivity index (χ1v) is 5.80. The summed E-state index contributed by atoms with van der Waals surface area (Å²) < 4.78 is 12.9. The lowest BCUT2D eigenvalue weighted by atomic mass is 10.1. The summed E-state index contributed by atoms with van der Waals surface area (Å²) in [6.07, 6.45) is 0. The third-order valence-electron chi connectivity index (χ3n) is 2.18. The minimum Gasteiger partial charge on any atom is -0.309 e. The highest BCUT2D eigenvalue weighted by atomic mass is 79.9. The molecule has 0 spiro atoms. The third-order valence-corrected chi connectivity index (χ3v) is 3.15. The molecular weight excluding hydrogens is 245 g/mol. The maximum atomic E-state index is 12.9. The van der Waals surface area contributed by atoms with Gasteiger partial charge in [0.05, 0.1) is 0 Å². The van der Waals surface area contributed by atoms with Gasteiger partial charge in [0.1, 0.15) is 5.82 Å². The first kappa shape index (κ1) is 11.7. The molecule has 1 unspecified atom stereocenters. The number of alkyl halides is 1. The van der Waals surface area contributed by atoms with Crippen molar-refractivity contribution in [2.24, 2.45) is 0 Å². The van der Waals surface area contributed by atoms with Crippen LogP contribution in [0, 0.1) is 12.7 Å². The van der Waals surface area contributed by atoms with E-state index in [0.717, 1.165) is 23.0 Å². The molecule has 3 heteroatoms. The van der Waals surface area contributed by atoms with E-state index in [9.17, 15) is 4.39 Å². The van der Waals surface area contributed by atoms with Crippen LogP contribution in [0.1, 0.15) is 18.1 Å². The molecule has 0 aliphatic rings. The second-order valence-electron chi connectivity index (χ2n) is 3.51. The van der Waals surface area contributed by atoms with Gasteiger partial charge in [-0.05, 0) is 37.1 Å². The average molecular weight is 260 g/mol. The van der Waals surface area contributed by atoms with Crippen molar-refractivity contribution >= 4 is 15.9 Å². The van der Waals surface area contributed by atoms with Crippen LogP contribution in [0.5, 0.6) is 0 Å². The van der Waals surface area contributed by atoms with Crippen molar-refractivity contribution in [2.45, 2.75) is 26.4 Å². The lowest BCUT2D eigenvalue weighted by Crippen LogP contribution is -2.26. The Morgan fingerprint density at radius 1 is 1.50 bits per heavy atom. The molecule has 0 amide bonds. The van der Waals surface area contributed by atoms with Crippen LogP contribution < -0.4 is 5.32 Å².